The summed E-state index contributed by atoms with van der Waals surface area (Å²) in [6.07, 6.45) is 0.982. The lowest BCUT2D eigenvalue weighted by atomic mass is 10.1. The molecule has 0 bridgehead atoms. The molecule has 1 aliphatic rings. The van der Waals surface area contributed by atoms with Crippen molar-refractivity contribution in [3.8, 4) is 0 Å². The number of nitrogens with one attached hydrogen (secondary N) is 2. The lowest BCUT2D eigenvalue weighted by molar-refractivity contribution is -0.880. The highest BCUT2D eigenvalue weighted by atomic mass is 16.1. The Morgan fingerprint density at radius 3 is 2.42 bits per heavy atom. The molecule has 1 saturated heterocycles. The summed E-state index contributed by atoms with van der Waals surface area (Å²) in [5, 5.41) is 3.09. The van der Waals surface area contributed by atoms with Crippen molar-refractivity contribution in [2.45, 2.75) is 13.3 Å². The van der Waals surface area contributed by atoms with Crippen LogP contribution in [0.25, 0.3) is 0 Å². The average molecular weight is 324 g/mol. The number of nitrogens with zero attached hydrogens (tertiary/aromatic N) is 1. The number of hydrogen-bond acceptors (Lipinski definition) is 2. The maximum atomic E-state index is 12.6. The van der Waals surface area contributed by atoms with Gasteiger partial charge in [0.15, 0.2) is 0 Å². The van der Waals surface area contributed by atoms with Crippen LogP contribution < -0.4 is 15.1 Å². The van der Waals surface area contributed by atoms with Crippen molar-refractivity contribution in [2.24, 2.45) is 0 Å². The maximum Gasteiger partial charge on any atom is 0.255 e. The maximum absolute atomic E-state index is 12.6. The number of aryl methyl sites for hydroxylation is 1. The third-order valence-corrected chi connectivity index (χ3v) is 4.73. The number of likely N-dealkylation sites (N-methyl/N-ethyl adjacent to an activating group) is 1. The lowest BCUT2D eigenvalue weighted by Gasteiger charge is -2.33. The van der Waals surface area contributed by atoms with Gasteiger partial charge in [0.05, 0.1) is 44.6 Å². The number of rotatable bonds is 4. The SMILES string of the molecule is CCc1ccc(C(=O)Nc2ccccc2N2CC[NH+](C)CC2)cc1. The molecule has 0 saturated carbocycles. The molecule has 2 aromatic rings. The topological polar surface area (TPSA) is 36.8 Å². The van der Waals surface area contributed by atoms with Gasteiger partial charge < -0.3 is 15.1 Å². The van der Waals surface area contributed by atoms with Crippen LogP contribution in [0.2, 0.25) is 0 Å². The van der Waals surface area contributed by atoms with Crippen LogP contribution in [-0.2, 0) is 6.42 Å². The van der Waals surface area contributed by atoms with Gasteiger partial charge in [-0.15, -0.1) is 0 Å². The summed E-state index contributed by atoms with van der Waals surface area (Å²) in [6.45, 7) is 6.40. The molecule has 4 heteroatoms. The molecule has 1 fully saturated rings. The Morgan fingerprint density at radius 1 is 1.08 bits per heavy atom. The molecule has 1 amide bonds. The first-order valence-electron chi connectivity index (χ1n) is 8.73. The van der Waals surface area contributed by atoms with Gasteiger partial charge >= 0.3 is 0 Å². The van der Waals surface area contributed by atoms with E-state index in [1.54, 1.807) is 4.90 Å². The summed E-state index contributed by atoms with van der Waals surface area (Å²) >= 11 is 0. The smallest absolute Gasteiger partial charge is 0.255 e. The molecule has 0 aromatic heterocycles. The molecular formula is C20H26N3O+. The minimum absolute atomic E-state index is 0.0511. The highest BCUT2D eigenvalue weighted by Crippen LogP contribution is 2.26. The zero-order valence-electron chi connectivity index (χ0n) is 14.5. The Hall–Kier alpha value is -2.33. The summed E-state index contributed by atoms with van der Waals surface area (Å²) < 4.78 is 0. The molecule has 1 heterocycles. The number of anilines is 2. The Balaban J connectivity index is 1.75. The predicted molar refractivity (Wildman–Crippen MR) is 99.0 cm³/mol. The van der Waals surface area contributed by atoms with Crippen molar-refractivity contribution in [3.63, 3.8) is 0 Å². The van der Waals surface area contributed by atoms with Crippen LogP contribution in [0.3, 0.4) is 0 Å². The zero-order valence-corrected chi connectivity index (χ0v) is 14.5. The zero-order chi connectivity index (χ0) is 16.9. The number of benzene rings is 2. The molecule has 2 N–H and O–H groups in total. The largest absolute Gasteiger partial charge is 0.359 e. The van der Waals surface area contributed by atoms with E-state index in [4.69, 9.17) is 0 Å². The lowest BCUT2D eigenvalue weighted by Crippen LogP contribution is -3.12. The summed E-state index contributed by atoms with van der Waals surface area (Å²) in [5.41, 5.74) is 3.95. The Morgan fingerprint density at radius 2 is 1.75 bits per heavy atom. The Kier molecular flexibility index (Phi) is 5.16. The van der Waals surface area contributed by atoms with Gasteiger partial charge in [-0.2, -0.15) is 0 Å². The first-order chi connectivity index (χ1) is 11.7. The molecule has 0 unspecified atom stereocenters. The highest BCUT2D eigenvalue weighted by molar-refractivity contribution is 6.06. The average Bonchev–Trinajstić information content (AvgIpc) is 2.63. The summed E-state index contributed by atoms with van der Waals surface area (Å²) in [5.74, 6) is -0.0511. The normalized spacial score (nSPS) is 15.3. The standard InChI is InChI=1S/C20H25N3O/c1-3-16-8-10-17(11-9-16)20(24)21-18-6-4-5-7-19(18)23-14-12-22(2)13-15-23/h4-11H,3,12-15H2,1-2H3,(H,21,24)/p+1. The van der Waals surface area contributed by atoms with Crippen molar-refractivity contribution >= 4 is 17.3 Å². The molecule has 0 spiro atoms. The van der Waals surface area contributed by atoms with Crippen molar-refractivity contribution in [1.82, 2.24) is 0 Å². The molecule has 24 heavy (non-hydrogen) atoms. The minimum Gasteiger partial charge on any atom is -0.359 e. The number of hydrogen-bond donors (Lipinski definition) is 2. The third kappa shape index (κ3) is 3.77. The van der Waals surface area contributed by atoms with E-state index < -0.39 is 0 Å². The van der Waals surface area contributed by atoms with E-state index >= 15 is 0 Å². The van der Waals surface area contributed by atoms with Crippen molar-refractivity contribution in [2.75, 3.05) is 43.4 Å². The molecule has 1 aliphatic heterocycles. The van der Waals surface area contributed by atoms with Crippen LogP contribution in [0.5, 0.6) is 0 Å². The van der Waals surface area contributed by atoms with Gasteiger partial charge in [-0.3, -0.25) is 4.79 Å². The van der Waals surface area contributed by atoms with Crippen molar-refractivity contribution in [1.29, 1.82) is 0 Å². The summed E-state index contributed by atoms with van der Waals surface area (Å²) in [4.78, 5) is 16.5. The van der Waals surface area contributed by atoms with Gasteiger partial charge in [-0.25, -0.2) is 0 Å². The van der Waals surface area contributed by atoms with Gasteiger partial charge in [0.2, 0.25) is 0 Å². The van der Waals surface area contributed by atoms with E-state index in [1.165, 1.54) is 5.56 Å². The molecule has 2 aromatic carbocycles. The number of quaternary nitrogens is 1. The summed E-state index contributed by atoms with van der Waals surface area (Å²) in [7, 11) is 2.23. The van der Waals surface area contributed by atoms with Crippen LogP contribution in [0, 0.1) is 0 Å². The van der Waals surface area contributed by atoms with Crippen LogP contribution >= 0.6 is 0 Å². The summed E-state index contributed by atoms with van der Waals surface area (Å²) in [6, 6.07) is 15.9. The second-order valence-electron chi connectivity index (χ2n) is 6.47. The molecule has 0 atom stereocenters. The van der Waals surface area contributed by atoms with Crippen molar-refractivity contribution < 1.29 is 9.69 Å². The first-order valence-corrected chi connectivity index (χ1v) is 8.73. The highest BCUT2D eigenvalue weighted by Gasteiger charge is 2.19. The molecule has 4 nitrogen and oxygen atoms in total. The van der Waals surface area contributed by atoms with Gasteiger partial charge in [0.1, 0.15) is 0 Å². The predicted octanol–water partition coefficient (Wildman–Crippen LogP) is 1.84. The monoisotopic (exact) mass is 324 g/mol. The van der Waals surface area contributed by atoms with E-state index in [9.17, 15) is 4.79 Å². The molecule has 0 radical (unpaired) electrons. The molecular weight excluding hydrogens is 298 g/mol. The fourth-order valence-corrected chi connectivity index (χ4v) is 3.07. The van der Waals surface area contributed by atoms with E-state index in [0.29, 0.717) is 5.56 Å². The number of piperazine rings is 1. The molecule has 126 valence electrons. The van der Waals surface area contributed by atoms with Gasteiger partial charge in [0, 0.05) is 5.56 Å². The third-order valence-electron chi connectivity index (χ3n) is 4.73. The van der Waals surface area contributed by atoms with Crippen molar-refractivity contribution in [3.05, 3.63) is 59.7 Å². The molecule has 0 aliphatic carbocycles. The fraction of sp³-hybridized carbons (Fsp3) is 0.350. The van der Waals surface area contributed by atoms with Crippen LogP contribution in [0.15, 0.2) is 48.5 Å². The Labute approximate surface area is 144 Å². The number of carbonyl (C=O) groups is 1. The van der Waals surface area contributed by atoms with Gasteiger partial charge in [-0.1, -0.05) is 31.2 Å². The van der Waals surface area contributed by atoms with Gasteiger partial charge in [-0.05, 0) is 36.2 Å². The second kappa shape index (κ2) is 7.49. The van der Waals surface area contributed by atoms with Gasteiger partial charge in [0.25, 0.3) is 5.91 Å². The van der Waals surface area contributed by atoms with E-state index in [2.05, 4.69) is 30.3 Å². The minimum atomic E-state index is -0.0511. The Bertz CT molecular complexity index is 688. The molecule has 3 rings (SSSR count). The van der Waals surface area contributed by atoms with E-state index in [0.717, 1.165) is 44.0 Å². The number of amides is 1. The quantitative estimate of drug-likeness (QED) is 0.900. The van der Waals surface area contributed by atoms with E-state index in [1.807, 2.05) is 42.5 Å². The first kappa shape index (κ1) is 16.5. The van der Waals surface area contributed by atoms with Crippen LogP contribution in [0.4, 0.5) is 11.4 Å². The second-order valence-corrected chi connectivity index (χ2v) is 6.47. The number of para-hydroxylation sites is 2. The van der Waals surface area contributed by atoms with Crippen LogP contribution in [-0.4, -0.2) is 39.1 Å². The fourth-order valence-electron chi connectivity index (χ4n) is 3.07. The van der Waals surface area contributed by atoms with Crippen LogP contribution in [0.1, 0.15) is 22.8 Å². The number of carbonyl (C=O) groups excluding carboxylic acids is 1. The van der Waals surface area contributed by atoms with E-state index in [-0.39, 0.29) is 5.91 Å².